The number of rotatable bonds is 3. The van der Waals surface area contributed by atoms with Crippen LogP contribution in [0.2, 0.25) is 0 Å². The molecule has 0 amide bonds. The molecule has 0 aromatic carbocycles. The van der Waals surface area contributed by atoms with Crippen LogP contribution in [-0.2, 0) is 6.42 Å². The van der Waals surface area contributed by atoms with Gasteiger partial charge in [0.05, 0.1) is 6.10 Å². The Labute approximate surface area is 115 Å². The fraction of sp³-hybridized carbons (Fsp3) is 0.667. The molecule has 0 bridgehead atoms. The zero-order valence-electron chi connectivity index (χ0n) is 10.3. The fourth-order valence-electron chi connectivity index (χ4n) is 2.26. The first kappa shape index (κ1) is 13.5. The Kier molecular flexibility index (Phi) is 4.60. The predicted octanol–water partition coefficient (Wildman–Crippen LogP) is 1.66. The highest BCUT2D eigenvalue weighted by Gasteiger charge is 2.29. The Bertz CT molecular complexity index is 371. The molecule has 1 aromatic rings. The van der Waals surface area contributed by atoms with Crippen molar-refractivity contribution in [1.82, 2.24) is 9.80 Å². The van der Waals surface area contributed by atoms with Gasteiger partial charge in [-0.25, -0.2) is 0 Å². The number of thiophene rings is 1. The van der Waals surface area contributed by atoms with Gasteiger partial charge in [-0.3, -0.25) is 4.90 Å². The molecule has 1 fully saturated rings. The minimum atomic E-state index is -0.294. The van der Waals surface area contributed by atoms with Gasteiger partial charge in [-0.1, -0.05) is 0 Å². The number of hydrogen-bond donors (Lipinski definition) is 1. The summed E-state index contributed by atoms with van der Waals surface area (Å²) < 4.78 is 1.12. The lowest BCUT2D eigenvalue weighted by Gasteiger charge is -2.40. The number of piperazine rings is 1. The van der Waals surface area contributed by atoms with Gasteiger partial charge in [-0.2, -0.15) is 0 Å². The zero-order chi connectivity index (χ0) is 12.4. The number of hydrogen-bond acceptors (Lipinski definition) is 4. The van der Waals surface area contributed by atoms with E-state index in [0.717, 1.165) is 30.5 Å². The molecule has 1 aliphatic rings. The Morgan fingerprint density at radius 1 is 1.53 bits per heavy atom. The van der Waals surface area contributed by atoms with E-state index in [1.54, 1.807) is 11.3 Å². The molecule has 0 spiro atoms. The minimum absolute atomic E-state index is 0.239. The summed E-state index contributed by atoms with van der Waals surface area (Å²) in [5.41, 5.74) is 0. The van der Waals surface area contributed by atoms with Gasteiger partial charge in [0.1, 0.15) is 0 Å². The van der Waals surface area contributed by atoms with E-state index in [0.29, 0.717) is 0 Å². The smallest absolute Gasteiger partial charge is 0.0756 e. The second kappa shape index (κ2) is 5.80. The van der Waals surface area contributed by atoms with E-state index in [1.165, 1.54) is 4.88 Å². The molecular formula is C12H19BrN2OS. The molecule has 5 heteroatoms. The van der Waals surface area contributed by atoms with E-state index in [4.69, 9.17) is 0 Å². The van der Waals surface area contributed by atoms with Crippen LogP contribution in [0, 0.1) is 0 Å². The van der Waals surface area contributed by atoms with Crippen molar-refractivity contribution in [2.75, 3.05) is 33.7 Å². The molecule has 2 heterocycles. The first-order valence-electron chi connectivity index (χ1n) is 5.86. The number of halogens is 1. The summed E-state index contributed by atoms with van der Waals surface area (Å²) in [6, 6.07) is 2.28. The molecule has 1 N–H and O–H groups in total. The van der Waals surface area contributed by atoms with Crippen LogP contribution in [0.1, 0.15) is 4.88 Å². The summed E-state index contributed by atoms with van der Waals surface area (Å²) in [5.74, 6) is 0. The second-order valence-electron chi connectivity index (χ2n) is 4.77. The summed E-state index contributed by atoms with van der Waals surface area (Å²) in [6.07, 6.45) is 0.443. The third-order valence-electron chi connectivity index (χ3n) is 3.43. The van der Waals surface area contributed by atoms with Crippen molar-refractivity contribution in [3.8, 4) is 0 Å². The minimum Gasteiger partial charge on any atom is -0.391 e. The van der Waals surface area contributed by atoms with Gasteiger partial charge < -0.3 is 10.0 Å². The van der Waals surface area contributed by atoms with Gasteiger partial charge in [-0.05, 0) is 41.5 Å². The number of likely N-dealkylation sites (N-methyl/N-ethyl adjacent to an activating group) is 2. The van der Waals surface area contributed by atoms with Crippen molar-refractivity contribution < 1.29 is 5.11 Å². The van der Waals surface area contributed by atoms with Crippen LogP contribution >= 0.6 is 27.3 Å². The summed E-state index contributed by atoms with van der Waals surface area (Å²) in [6.45, 7) is 3.06. The van der Waals surface area contributed by atoms with E-state index in [1.807, 2.05) is 6.07 Å². The van der Waals surface area contributed by atoms with Crippen molar-refractivity contribution in [1.29, 1.82) is 0 Å². The van der Waals surface area contributed by atoms with Crippen LogP contribution < -0.4 is 0 Å². The molecule has 17 heavy (non-hydrogen) atoms. The van der Waals surface area contributed by atoms with Crippen LogP contribution in [-0.4, -0.2) is 60.8 Å². The molecule has 0 saturated carbocycles. The maximum Gasteiger partial charge on any atom is 0.0756 e. The third kappa shape index (κ3) is 3.29. The Hall–Kier alpha value is 0.0600. The van der Waals surface area contributed by atoms with Crippen molar-refractivity contribution in [2.45, 2.75) is 18.6 Å². The summed E-state index contributed by atoms with van der Waals surface area (Å²) >= 11 is 5.23. The molecule has 1 aromatic heterocycles. The average Bonchev–Trinajstić information content (AvgIpc) is 2.68. The number of nitrogens with zero attached hydrogens (tertiary/aromatic N) is 2. The number of aliphatic hydroxyl groups excluding tert-OH is 1. The van der Waals surface area contributed by atoms with Gasteiger partial charge in [0.15, 0.2) is 0 Å². The molecular weight excluding hydrogens is 300 g/mol. The van der Waals surface area contributed by atoms with Crippen LogP contribution in [0.3, 0.4) is 0 Å². The maximum absolute atomic E-state index is 10.4. The van der Waals surface area contributed by atoms with Crippen LogP contribution in [0.4, 0.5) is 0 Å². The largest absolute Gasteiger partial charge is 0.391 e. The van der Waals surface area contributed by atoms with Crippen molar-refractivity contribution >= 4 is 27.3 Å². The molecule has 1 aliphatic heterocycles. The zero-order valence-corrected chi connectivity index (χ0v) is 12.7. The van der Waals surface area contributed by atoms with E-state index in [-0.39, 0.29) is 12.1 Å². The Morgan fingerprint density at radius 2 is 2.29 bits per heavy atom. The topological polar surface area (TPSA) is 26.7 Å². The van der Waals surface area contributed by atoms with Crippen molar-refractivity contribution in [3.63, 3.8) is 0 Å². The van der Waals surface area contributed by atoms with E-state index in [2.05, 4.69) is 45.2 Å². The van der Waals surface area contributed by atoms with E-state index < -0.39 is 0 Å². The maximum atomic E-state index is 10.4. The number of aliphatic hydroxyl groups is 1. The normalized spacial score (nSPS) is 25.1. The fourth-order valence-corrected chi connectivity index (χ4v) is 3.82. The van der Waals surface area contributed by atoms with Crippen LogP contribution in [0.5, 0.6) is 0 Å². The van der Waals surface area contributed by atoms with Crippen LogP contribution in [0.15, 0.2) is 15.9 Å². The lowest BCUT2D eigenvalue weighted by molar-refractivity contribution is 0.0156. The van der Waals surface area contributed by atoms with E-state index in [9.17, 15) is 5.11 Å². The molecule has 3 nitrogen and oxygen atoms in total. The first-order chi connectivity index (χ1) is 8.08. The quantitative estimate of drug-likeness (QED) is 0.918. The molecule has 0 radical (unpaired) electrons. The van der Waals surface area contributed by atoms with Gasteiger partial charge in [-0.15, -0.1) is 11.3 Å². The monoisotopic (exact) mass is 318 g/mol. The van der Waals surface area contributed by atoms with Crippen molar-refractivity contribution in [3.05, 3.63) is 20.8 Å². The predicted molar refractivity (Wildman–Crippen MR) is 75.6 cm³/mol. The summed E-state index contributed by atoms with van der Waals surface area (Å²) in [4.78, 5) is 5.79. The van der Waals surface area contributed by atoms with E-state index >= 15 is 0 Å². The second-order valence-corrected chi connectivity index (χ2v) is 6.63. The van der Waals surface area contributed by atoms with Gasteiger partial charge in [0, 0.05) is 41.4 Å². The first-order valence-corrected chi connectivity index (χ1v) is 7.54. The molecule has 1 saturated heterocycles. The molecule has 96 valence electrons. The molecule has 2 rings (SSSR count). The lowest BCUT2D eigenvalue weighted by Crippen LogP contribution is -2.55. The van der Waals surface area contributed by atoms with Gasteiger partial charge in [0.25, 0.3) is 0 Å². The molecule has 0 aliphatic carbocycles. The Balaban J connectivity index is 1.99. The Morgan fingerprint density at radius 3 is 2.94 bits per heavy atom. The van der Waals surface area contributed by atoms with Gasteiger partial charge in [0.2, 0.25) is 0 Å². The average molecular weight is 319 g/mol. The molecule has 2 unspecified atom stereocenters. The highest BCUT2D eigenvalue weighted by molar-refractivity contribution is 9.10. The summed E-state index contributed by atoms with van der Waals surface area (Å²) in [5, 5.41) is 12.4. The van der Waals surface area contributed by atoms with Crippen LogP contribution in [0.25, 0.3) is 0 Å². The van der Waals surface area contributed by atoms with Crippen molar-refractivity contribution in [2.24, 2.45) is 0 Å². The highest BCUT2D eigenvalue weighted by Crippen LogP contribution is 2.25. The molecule has 2 atom stereocenters. The highest BCUT2D eigenvalue weighted by atomic mass is 79.9. The third-order valence-corrected chi connectivity index (χ3v) is 5.38. The standard InChI is InChI=1S/C12H19BrN2OS/c1-14-4-5-15(2)10(8-14)11(16)7-12-9(13)3-6-17-12/h3,6,10-11,16H,4-5,7-8H2,1-2H3. The summed E-state index contributed by atoms with van der Waals surface area (Å²) in [7, 11) is 4.22. The van der Waals surface area contributed by atoms with Gasteiger partial charge >= 0.3 is 0 Å². The SMILES string of the molecule is CN1CCN(C)C(C(O)Cc2sccc2Br)C1. The lowest BCUT2D eigenvalue weighted by atomic mass is 10.0.